The Kier molecular flexibility index (Phi) is 8.26. The zero-order chi connectivity index (χ0) is 13.8. The minimum Gasteiger partial charge on any atom is -0.743 e. The number of rotatable bonds is 2. The SMILES string of the molecule is O=S(=O)([O-])c1cccs1.O=S(=O)([O-])c1cccs1.[Ca+2]. The Labute approximate surface area is 148 Å². The molecule has 0 amide bonds. The van der Waals surface area contributed by atoms with Crippen LogP contribution < -0.4 is 0 Å². The maximum absolute atomic E-state index is 10.1. The number of thiophene rings is 2. The van der Waals surface area contributed by atoms with Gasteiger partial charge in [-0.3, -0.25) is 0 Å². The first-order valence-corrected chi connectivity index (χ1v) is 8.77. The van der Waals surface area contributed by atoms with E-state index in [1.165, 1.54) is 24.3 Å². The molecular weight excluding hydrogens is 360 g/mol. The third-order valence-electron chi connectivity index (χ3n) is 1.48. The molecule has 0 saturated heterocycles. The maximum Gasteiger partial charge on any atom is 2.00 e. The Morgan fingerprint density at radius 3 is 1.21 bits per heavy atom. The minimum atomic E-state index is -4.19. The molecule has 100 valence electrons. The maximum atomic E-state index is 10.1. The van der Waals surface area contributed by atoms with Gasteiger partial charge in [0.25, 0.3) is 0 Å². The monoisotopic (exact) mass is 366 g/mol. The smallest absolute Gasteiger partial charge is 0.743 e. The Bertz CT molecular complexity index is 609. The second kappa shape index (κ2) is 8.05. The number of hydrogen-bond donors (Lipinski definition) is 0. The average Bonchev–Trinajstić information content (AvgIpc) is 2.91. The first kappa shape index (κ1) is 19.5. The van der Waals surface area contributed by atoms with Crippen molar-refractivity contribution >= 4 is 80.6 Å². The van der Waals surface area contributed by atoms with Crippen LogP contribution in [0.15, 0.2) is 43.4 Å². The molecule has 6 nitrogen and oxygen atoms in total. The molecule has 0 aliphatic heterocycles. The summed E-state index contributed by atoms with van der Waals surface area (Å²) in [6.07, 6.45) is 0. The molecule has 0 aliphatic rings. The van der Waals surface area contributed by atoms with E-state index in [0.29, 0.717) is 0 Å². The summed E-state index contributed by atoms with van der Waals surface area (Å²) in [6.45, 7) is 0. The zero-order valence-corrected chi connectivity index (χ0v) is 14.7. The second-order valence-corrected chi connectivity index (χ2v) is 7.88. The fourth-order valence-corrected chi connectivity index (χ4v) is 3.47. The molecule has 2 rings (SSSR count). The van der Waals surface area contributed by atoms with E-state index < -0.39 is 20.2 Å². The summed E-state index contributed by atoms with van der Waals surface area (Å²) in [7, 11) is -8.38. The molecule has 2 aromatic rings. The Morgan fingerprint density at radius 2 is 1.11 bits per heavy atom. The summed E-state index contributed by atoms with van der Waals surface area (Å²) in [5.41, 5.74) is 0. The van der Waals surface area contributed by atoms with Crippen LogP contribution in [0.1, 0.15) is 0 Å². The molecule has 11 heteroatoms. The van der Waals surface area contributed by atoms with E-state index in [1.54, 1.807) is 10.8 Å². The van der Waals surface area contributed by atoms with E-state index in [2.05, 4.69) is 0 Å². The van der Waals surface area contributed by atoms with Crippen molar-refractivity contribution in [3.8, 4) is 0 Å². The van der Waals surface area contributed by atoms with Gasteiger partial charge in [0, 0.05) is 0 Å². The van der Waals surface area contributed by atoms with Crippen LogP contribution in [-0.2, 0) is 20.2 Å². The molecule has 0 saturated carbocycles. The van der Waals surface area contributed by atoms with Gasteiger partial charge in [-0.25, -0.2) is 16.8 Å². The van der Waals surface area contributed by atoms with Crippen molar-refractivity contribution in [3.05, 3.63) is 35.0 Å². The Morgan fingerprint density at radius 1 is 0.789 bits per heavy atom. The molecule has 2 heterocycles. The standard InChI is InChI=1S/2C4H4O3S2.Ca/c2*5-9(6,7)4-2-1-3-8-4;/h2*1-3H,(H,5,6,7);/q;;+2/p-2. The van der Waals surface area contributed by atoms with E-state index in [-0.39, 0.29) is 46.2 Å². The summed E-state index contributed by atoms with van der Waals surface area (Å²) in [5, 5.41) is 3.09. The molecular formula is C8H6CaO6S4. The second-order valence-electron chi connectivity index (χ2n) is 2.77. The van der Waals surface area contributed by atoms with Crippen molar-refractivity contribution in [2.75, 3.05) is 0 Å². The van der Waals surface area contributed by atoms with Crippen LogP contribution in [0, 0.1) is 0 Å². The Hall–Kier alpha value is 0.480. The quantitative estimate of drug-likeness (QED) is 0.577. The van der Waals surface area contributed by atoms with Crippen LogP contribution >= 0.6 is 22.7 Å². The van der Waals surface area contributed by atoms with Gasteiger partial charge in [0.1, 0.15) is 28.7 Å². The van der Waals surface area contributed by atoms with E-state index in [0.717, 1.165) is 22.7 Å². The van der Waals surface area contributed by atoms with Gasteiger partial charge in [-0.1, -0.05) is 12.1 Å². The molecule has 0 fully saturated rings. The fraction of sp³-hybridized carbons (Fsp3) is 0. The summed E-state index contributed by atoms with van der Waals surface area (Å²) in [4.78, 5) is 0. The van der Waals surface area contributed by atoms with Crippen molar-refractivity contribution in [2.24, 2.45) is 0 Å². The van der Waals surface area contributed by atoms with E-state index in [1.807, 2.05) is 0 Å². The van der Waals surface area contributed by atoms with Crippen molar-refractivity contribution in [3.63, 3.8) is 0 Å². The zero-order valence-electron chi connectivity index (χ0n) is 9.25. The van der Waals surface area contributed by atoms with E-state index >= 15 is 0 Å². The molecule has 2 aromatic heterocycles. The van der Waals surface area contributed by atoms with Crippen LogP contribution in [0.2, 0.25) is 0 Å². The normalized spacial score (nSPS) is 11.1. The molecule has 0 radical (unpaired) electrons. The van der Waals surface area contributed by atoms with Crippen molar-refractivity contribution < 1.29 is 25.9 Å². The number of hydrogen-bond acceptors (Lipinski definition) is 8. The van der Waals surface area contributed by atoms with Crippen LogP contribution in [0.25, 0.3) is 0 Å². The predicted octanol–water partition coefficient (Wildman–Crippen LogP) is 0.924. The molecule has 0 unspecified atom stereocenters. The van der Waals surface area contributed by atoms with Crippen LogP contribution in [0.3, 0.4) is 0 Å². The molecule has 0 aromatic carbocycles. The predicted molar refractivity (Wildman–Crippen MR) is 70.3 cm³/mol. The minimum absolute atomic E-state index is 0. The average molecular weight is 366 g/mol. The van der Waals surface area contributed by atoms with Gasteiger partial charge in [-0.2, -0.15) is 0 Å². The van der Waals surface area contributed by atoms with Gasteiger partial charge in [0.05, 0.1) is 0 Å². The van der Waals surface area contributed by atoms with Crippen LogP contribution in [-0.4, -0.2) is 63.7 Å². The molecule has 0 spiro atoms. The van der Waals surface area contributed by atoms with Crippen molar-refractivity contribution in [1.82, 2.24) is 0 Å². The van der Waals surface area contributed by atoms with Gasteiger partial charge in [0.2, 0.25) is 0 Å². The van der Waals surface area contributed by atoms with Gasteiger partial charge >= 0.3 is 37.7 Å². The molecule has 0 atom stereocenters. The summed E-state index contributed by atoms with van der Waals surface area (Å²) >= 11 is 1.86. The molecule has 0 N–H and O–H groups in total. The van der Waals surface area contributed by atoms with Crippen LogP contribution in [0.5, 0.6) is 0 Å². The van der Waals surface area contributed by atoms with Crippen LogP contribution in [0.4, 0.5) is 0 Å². The van der Waals surface area contributed by atoms with Crippen molar-refractivity contribution in [2.45, 2.75) is 8.42 Å². The van der Waals surface area contributed by atoms with E-state index in [4.69, 9.17) is 0 Å². The largest absolute Gasteiger partial charge is 2.00 e. The van der Waals surface area contributed by atoms with Crippen molar-refractivity contribution in [1.29, 1.82) is 0 Å². The van der Waals surface area contributed by atoms with Gasteiger partial charge < -0.3 is 9.11 Å². The Balaban J connectivity index is 0.000000324. The molecule has 19 heavy (non-hydrogen) atoms. The fourth-order valence-electron chi connectivity index (χ4n) is 0.811. The summed E-state index contributed by atoms with van der Waals surface area (Å²) < 4.78 is 60.6. The van der Waals surface area contributed by atoms with Gasteiger partial charge in [0.15, 0.2) is 0 Å². The summed E-state index contributed by atoms with van der Waals surface area (Å²) in [5.74, 6) is 0. The summed E-state index contributed by atoms with van der Waals surface area (Å²) in [6, 6.07) is 5.62. The van der Waals surface area contributed by atoms with Gasteiger partial charge in [-0.15, -0.1) is 22.7 Å². The third-order valence-corrected chi connectivity index (χ3v) is 5.87. The molecule has 0 bridgehead atoms. The first-order valence-electron chi connectivity index (χ1n) is 4.20. The molecule has 0 aliphatic carbocycles. The topological polar surface area (TPSA) is 114 Å². The first-order chi connectivity index (χ1) is 8.21. The third kappa shape index (κ3) is 7.16. The van der Waals surface area contributed by atoms with Gasteiger partial charge in [-0.05, 0) is 22.9 Å². The van der Waals surface area contributed by atoms with E-state index in [9.17, 15) is 25.9 Å².